The molecule has 0 aliphatic rings. The smallest absolute Gasteiger partial charge is 0.211 e. The number of hydrogen-bond acceptors (Lipinski definition) is 6. The lowest BCUT2D eigenvalue weighted by molar-refractivity contribution is 0.549. The number of nitrogens with zero attached hydrogens (tertiary/aromatic N) is 2. The molecule has 0 fully saturated rings. The molecule has 2 aromatic rings. The van der Waals surface area contributed by atoms with Crippen molar-refractivity contribution in [1.29, 1.82) is 0 Å². The molecule has 2 N–H and O–H groups in total. The summed E-state index contributed by atoms with van der Waals surface area (Å²) in [6, 6.07) is 10.9. The molecule has 0 amide bonds. The standard InChI is InChI=1S/C24H38N4O4S2/c29-33(30,27-21-23-15-9-11-17-25-23)19-13-7-5-3-1-2-4-6-8-14-20-34(31,32)28-22-24-16-10-12-18-26-24/h9-12,15-18,27-28H,1-8,13-14,19-22H2. The van der Waals surface area contributed by atoms with Gasteiger partial charge in [0, 0.05) is 12.4 Å². The maximum absolute atomic E-state index is 12.0. The van der Waals surface area contributed by atoms with Gasteiger partial charge in [0.25, 0.3) is 0 Å². The maximum Gasteiger partial charge on any atom is 0.211 e. The number of sulfonamides is 2. The van der Waals surface area contributed by atoms with Crippen molar-refractivity contribution >= 4 is 20.0 Å². The van der Waals surface area contributed by atoms with Crippen LogP contribution in [0.5, 0.6) is 0 Å². The summed E-state index contributed by atoms with van der Waals surface area (Å²) in [4.78, 5) is 8.23. The Morgan fingerprint density at radius 3 is 1.21 bits per heavy atom. The lowest BCUT2D eigenvalue weighted by Crippen LogP contribution is -2.26. The van der Waals surface area contributed by atoms with E-state index in [-0.39, 0.29) is 24.6 Å². The van der Waals surface area contributed by atoms with E-state index >= 15 is 0 Å². The zero-order chi connectivity index (χ0) is 24.5. The quantitative estimate of drug-likeness (QED) is 0.277. The Hall–Kier alpha value is -1.88. The lowest BCUT2D eigenvalue weighted by Gasteiger charge is -2.07. The van der Waals surface area contributed by atoms with Crippen molar-refractivity contribution in [3.8, 4) is 0 Å². The molecule has 0 aliphatic heterocycles. The average molecular weight is 511 g/mol. The van der Waals surface area contributed by atoms with Gasteiger partial charge in [0.15, 0.2) is 0 Å². The van der Waals surface area contributed by atoms with Gasteiger partial charge in [-0.2, -0.15) is 0 Å². The number of aromatic nitrogens is 2. The summed E-state index contributed by atoms with van der Waals surface area (Å²) in [6.45, 7) is 0.466. The third-order valence-corrected chi connectivity index (χ3v) is 8.30. The SMILES string of the molecule is O=S(=O)(CCCCCCCCCCCCS(=O)(=O)NCc1ccccn1)NCc1ccccn1. The highest BCUT2D eigenvalue weighted by Gasteiger charge is 2.10. The second kappa shape index (κ2) is 15.9. The van der Waals surface area contributed by atoms with E-state index in [1.807, 2.05) is 12.1 Å². The third kappa shape index (κ3) is 13.7. The summed E-state index contributed by atoms with van der Waals surface area (Å²) in [5.41, 5.74) is 1.43. The Labute approximate surface area is 205 Å². The molecule has 0 aromatic carbocycles. The van der Waals surface area contributed by atoms with Gasteiger partial charge >= 0.3 is 0 Å². The van der Waals surface area contributed by atoms with Crippen LogP contribution in [0.2, 0.25) is 0 Å². The molecule has 190 valence electrons. The summed E-state index contributed by atoms with van der Waals surface area (Å²) in [5, 5.41) is 0. The molecular weight excluding hydrogens is 472 g/mol. The van der Waals surface area contributed by atoms with E-state index in [1.54, 1.807) is 36.7 Å². The van der Waals surface area contributed by atoms with E-state index in [2.05, 4.69) is 19.4 Å². The third-order valence-electron chi connectivity index (χ3n) is 5.47. The van der Waals surface area contributed by atoms with E-state index in [0.717, 1.165) is 51.4 Å². The van der Waals surface area contributed by atoms with E-state index < -0.39 is 20.0 Å². The van der Waals surface area contributed by atoms with Crippen molar-refractivity contribution in [3.63, 3.8) is 0 Å². The molecular formula is C24H38N4O4S2. The first kappa shape index (κ1) is 28.4. The molecule has 2 heterocycles. The first-order valence-electron chi connectivity index (χ1n) is 12.1. The van der Waals surface area contributed by atoms with Crippen LogP contribution in [-0.2, 0) is 33.1 Å². The van der Waals surface area contributed by atoms with Crippen LogP contribution in [0.1, 0.15) is 75.6 Å². The Balaban J connectivity index is 1.39. The Morgan fingerprint density at radius 2 is 0.882 bits per heavy atom. The number of hydrogen-bond donors (Lipinski definition) is 2. The highest BCUT2D eigenvalue weighted by atomic mass is 32.2. The number of nitrogens with one attached hydrogen (secondary N) is 2. The van der Waals surface area contributed by atoms with Crippen LogP contribution in [0.15, 0.2) is 48.8 Å². The number of unbranched alkanes of at least 4 members (excludes halogenated alkanes) is 9. The van der Waals surface area contributed by atoms with Crippen molar-refractivity contribution in [2.45, 2.75) is 77.3 Å². The zero-order valence-electron chi connectivity index (χ0n) is 19.9. The van der Waals surface area contributed by atoms with Gasteiger partial charge in [-0.05, 0) is 37.1 Å². The van der Waals surface area contributed by atoms with Gasteiger partial charge in [-0.25, -0.2) is 26.3 Å². The summed E-state index contributed by atoms with van der Waals surface area (Å²) < 4.78 is 53.4. The van der Waals surface area contributed by atoms with Gasteiger partial charge in [-0.1, -0.05) is 63.5 Å². The van der Waals surface area contributed by atoms with Crippen LogP contribution in [0.3, 0.4) is 0 Å². The van der Waals surface area contributed by atoms with Crippen LogP contribution < -0.4 is 9.44 Å². The molecule has 0 bridgehead atoms. The Kier molecular flexibility index (Phi) is 13.3. The van der Waals surface area contributed by atoms with Gasteiger partial charge in [0.2, 0.25) is 20.0 Å². The predicted molar refractivity (Wildman–Crippen MR) is 136 cm³/mol. The van der Waals surface area contributed by atoms with Crippen LogP contribution >= 0.6 is 0 Å². The van der Waals surface area contributed by atoms with E-state index in [1.165, 1.54) is 0 Å². The molecule has 2 aromatic heterocycles. The van der Waals surface area contributed by atoms with Crippen LogP contribution in [0.4, 0.5) is 0 Å². The fourth-order valence-electron chi connectivity index (χ4n) is 3.52. The maximum atomic E-state index is 12.0. The van der Waals surface area contributed by atoms with E-state index in [0.29, 0.717) is 24.2 Å². The molecule has 8 nitrogen and oxygen atoms in total. The molecule has 0 aliphatic carbocycles. The molecule has 0 saturated heterocycles. The Bertz CT molecular complexity index is 918. The lowest BCUT2D eigenvalue weighted by atomic mass is 10.1. The fourth-order valence-corrected chi connectivity index (χ4v) is 5.71. The summed E-state index contributed by atoms with van der Waals surface area (Å²) in [7, 11) is -6.52. The van der Waals surface area contributed by atoms with Crippen molar-refractivity contribution in [2.24, 2.45) is 0 Å². The second-order valence-electron chi connectivity index (χ2n) is 8.46. The first-order chi connectivity index (χ1) is 16.4. The van der Waals surface area contributed by atoms with E-state index in [4.69, 9.17) is 0 Å². The molecule has 0 spiro atoms. The highest BCUT2D eigenvalue weighted by Crippen LogP contribution is 2.11. The summed E-state index contributed by atoms with van der Waals surface area (Å²) in [6.07, 6.45) is 13.0. The van der Waals surface area contributed by atoms with Crippen LogP contribution in [0, 0.1) is 0 Å². The summed E-state index contributed by atoms with van der Waals surface area (Å²) in [5.74, 6) is 0.304. The fraction of sp³-hybridized carbons (Fsp3) is 0.583. The van der Waals surface area contributed by atoms with Gasteiger partial charge in [0.1, 0.15) is 0 Å². The minimum Gasteiger partial charge on any atom is -0.260 e. The second-order valence-corrected chi connectivity index (χ2v) is 12.3. The van der Waals surface area contributed by atoms with Gasteiger partial charge in [0.05, 0.1) is 36.0 Å². The molecule has 0 atom stereocenters. The molecule has 0 unspecified atom stereocenters. The minimum absolute atomic E-state index is 0.152. The molecule has 0 saturated carbocycles. The average Bonchev–Trinajstić information content (AvgIpc) is 2.83. The van der Waals surface area contributed by atoms with Crippen LogP contribution in [-0.4, -0.2) is 38.3 Å². The molecule has 34 heavy (non-hydrogen) atoms. The van der Waals surface area contributed by atoms with Gasteiger partial charge in [-0.15, -0.1) is 0 Å². The predicted octanol–water partition coefficient (Wildman–Crippen LogP) is 3.92. The number of rotatable bonds is 19. The number of pyridine rings is 2. The minimum atomic E-state index is -3.26. The van der Waals surface area contributed by atoms with Crippen molar-refractivity contribution < 1.29 is 16.8 Å². The van der Waals surface area contributed by atoms with E-state index in [9.17, 15) is 16.8 Å². The molecule has 10 heteroatoms. The van der Waals surface area contributed by atoms with Gasteiger partial charge in [-0.3, -0.25) is 9.97 Å². The Morgan fingerprint density at radius 1 is 0.529 bits per heavy atom. The highest BCUT2D eigenvalue weighted by molar-refractivity contribution is 7.89. The first-order valence-corrected chi connectivity index (χ1v) is 15.4. The molecule has 0 radical (unpaired) electrons. The normalized spacial score (nSPS) is 12.1. The topological polar surface area (TPSA) is 118 Å². The van der Waals surface area contributed by atoms with Crippen molar-refractivity contribution in [1.82, 2.24) is 19.4 Å². The largest absolute Gasteiger partial charge is 0.260 e. The summed E-state index contributed by atoms with van der Waals surface area (Å²) >= 11 is 0. The van der Waals surface area contributed by atoms with Crippen LogP contribution in [0.25, 0.3) is 0 Å². The monoisotopic (exact) mass is 510 g/mol. The van der Waals surface area contributed by atoms with Crippen molar-refractivity contribution in [2.75, 3.05) is 11.5 Å². The van der Waals surface area contributed by atoms with Crippen molar-refractivity contribution in [3.05, 3.63) is 60.2 Å². The zero-order valence-corrected chi connectivity index (χ0v) is 21.5. The van der Waals surface area contributed by atoms with Gasteiger partial charge < -0.3 is 0 Å². The molecule has 2 rings (SSSR count).